The summed E-state index contributed by atoms with van der Waals surface area (Å²) in [6.07, 6.45) is 0.959. The third kappa shape index (κ3) is 4.47. The van der Waals surface area contributed by atoms with E-state index in [0.29, 0.717) is 30.6 Å². The van der Waals surface area contributed by atoms with Crippen molar-refractivity contribution >= 4 is 17.9 Å². The maximum atomic E-state index is 13.1. The van der Waals surface area contributed by atoms with E-state index in [4.69, 9.17) is 9.84 Å². The summed E-state index contributed by atoms with van der Waals surface area (Å²) in [5, 5.41) is 11.9. The Labute approximate surface area is 188 Å². The van der Waals surface area contributed by atoms with Crippen LogP contribution in [0.4, 0.5) is 4.79 Å². The first-order chi connectivity index (χ1) is 15.4. The highest BCUT2D eigenvalue weighted by atomic mass is 16.5. The van der Waals surface area contributed by atoms with E-state index in [1.165, 1.54) is 4.90 Å². The predicted octanol–water partition coefficient (Wildman–Crippen LogP) is 4.53. The van der Waals surface area contributed by atoms with Crippen molar-refractivity contribution in [3.05, 3.63) is 65.7 Å². The fourth-order valence-electron chi connectivity index (χ4n) is 4.21. The van der Waals surface area contributed by atoms with Gasteiger partial charge in [0.15, 0.2) is 6.23 Å². The SMILES string of the molecule is CC[C@@H](NC(=O)N1C(=O)C(CC)(CC)[C@@H]1Oc1ccc(CC(=O)O)cc1)c1ccccc1. The zero-order valence-electron chi connectivity index (χ0n) is 18.7. The summed E-state index contributed by atoms with van der Waals surface area (Å²) in [6.45, 7) is 5.81. The highest BCUT2D eigenvalue weighted by molar-refractivity contribution is 6.03. The molecule has 1 heterocycles. The van der Waals surface area contributed by atoms with Gasteiger partial charge in [-0.25, -0.2) is 9.69 Å². The molecule has 0 spiro atoms. The first-order valence-electron chi connectivity index (χ1n) is 11.0. The van der Waals surface area contributed by atoms with Gasteiger partial charge < -0.3 is 15.2 Å². The molecule has 0 aliphatic carbocycles. The van der Waals surface area contributed by atoms with Crippen LogP contribution in [0.15, 0.2) is 54.6 Å². The lowest BCUT2D eigenvalue weighted by Crippen LogP contribution is -2.73. The number of imide groups is 1. The Bertz CT molecular complexity index is 954. The molecular formula is C25H30N2O5. The number of carboxylic acid groups (broad SMARTS) is 1. The number of β-lactam (4-membered cyclic amide) rings is 1. The summed E-state index contributed by atoms with van der Waals surface area (Å²) in [4.78, 5) is 38.3. The average molecular weight is 439 g/mol. The van der Waals surface area contributed by atoms with E-state index in [1.807, 2.05) is 51.1 Å². The number of hydrogen-bond donors (Lipinski definition) is 2. The standard InChI is InChI=1S/C25H30N2O5/c1-4-20(18-10-8-7-9-11-18)26-24(31)27-22(30)25(5-2,6-3)23(27)32-19-14-12-17(13-15-19)16-21(28)29/h7-15,20,23H,4-6,16H2,1-3H3,(H,26,31)(H,28,29)/t20-,23+/m1/s1. The zero-order chi connectivity index (χ0) is 23.3. The van der Waals surface area contributed by atoms with Crippen LogP contribution in [0.5, 0.6) is 5.75 Å². The molecule has 7 heteroatoms. The lowest BCUT2D eigenvalue weighted by Gasteiger charge is -2.53. The van der Waals surface area contributed by atoms with Gasteiger partial charge in [-0.05, 0) is 42.5 Å². The summed E-state index contributed by atoms with van der Waals surface area (Å²) in [6, 6.07) is 15.6. The topological polar surface area (TPSA) is 95.9 Å². The number of carbonyl (C=O) groups excluding carboxylic acids is 2. The van der Waals surface area contributed by atoms with Gasteiger partial charge in [0.1, 0.15) is 11.2 Å². The number of likely N-dealkylation sites (tertiary alicyclic amines) is 1. The number of ether oxygens (including phenoxy) is 1. The number of nitrogens with zero attached hydrogens (tertiary/aromatic N) is 1. The molecule has 2 aromatic rings. The lowest BCUT2D eigenvalue weighted by atomic mass is 9.72. The number of rotatable bonds is 9. The van der Waals surface area contributed by atoms with Crippen molar-refractivity contribution in [2.45, 2.75) is 58.7 Å². The Morgan fingerprint density at radius 3 is 2.22 bits per heavy atom. The molecule has 0 unspecified atom stereocenters. The third-order valence-electron chi connectivity index (χ3n) is 6.27. The molecule has 1 aliphatic heterocycles. The van der Waals surface area contributed by atoms with Gasteiger partial charge in [0.2, 0.25) is 5.91 Å². The minimum absolute atomic E-state index is 0.0809. The van der Waals surface area contributed by atoms with Crippen molar-refractivity contribution in [1.29, 1.82) is 0 Å². The molecule has 7 nitrogen and oxygen atoms in total. The van der Waals surface area contributed by atoms with E-state index in [-0.39, 0.29) is 18.4 Å². The summed E-state index contributed by atoms with van der Waals surface area (Å²) < 4.78 is 6.13. The van der Waals surface area contributed by atoms with Crippen molar-refractivity contribution in [3.8, 4) is 5.75 Å². The molecule has 0 radical (unpaired) electrons. The molecule has 2 atom stereocenters. The van der Waals surface area contributed by atoms with Gasteiger partial charge >= 0.3 is 12.0 Å². The highest BCUT2D eigenvalue weighted by Gasteiger charge is 2.63. The number of amides is 3. The third-order valence-corrected chi connectivity index (χ3v) is 6.27. The largest absolute Gasteiger partial charge is 0.481 e. The van der Waals surface area contributed by atoms with Crippen molar-refractivity contribution in [3.63, 3.8) is 0 Å². The van der Waals surface area contributed by atoms with Crippen LogP contribution in [0.25, 0.3) is 0 Å². The zero-order valence-corrected chi connectivity index (χ0v) is 18.7. The Balaban J connectivity index is 1.80. The summed E-state index contributed by atoms with van der Waals surface area (Å²) >= 11 is 0. The molecule has 1 fully saturated rings. The summed E-state index contributed by atoms with van der Waals surface area (Å²) in [5.41, 5.74) is 0.848. The first kappa shape index (κ1) is 23.3. The normalized spacial score (nSPS) is 17.9. The van der Waals surface area contributed by atoms with Crippen molar-refractivity contribution < 1.29 is 24.2 Å². The maximum absolute atomic E-state index is 13.1. The molecule has 1 saturated heterocycles. The monoisotopic (exact) mass is 438 g/mol. The van der Waals surface area contributed by atoms with Crippen LogP contribution in [-0.2, 0) is 16.0 Å². The van der Waals surface area contributed by atoms with E-state index in [2.05, 4.69) is 5.32 Å². The van der Waals surface area contributed by atoms with Gasteiger partial charge in [-0.15, -0.1) is 0 Å². The molecule has 1 aliphatic rings. The Hall–Kier alpha value is -3.35. The molecule has 2 aromatic carbocycles. The average Bonchev–Trinajstić information content (AvgIpc) is 2.79. The highest BCUT2D eigenvalue weighted by Crippen LogP contribution is 2.46. The van der Waals surface area contributed by atoms with E-state index in [9.17, 15) is 14.4 Å². The molecule has 0 saturated carbocycles. The summed E-state index contributed by atoms with van der Waals surface area (Å²) in [7, 11) is 0. The van der Waals surface area contributed by atoms with Crippen molar-refractivity contribution in [1.82, 2.24) is 10.2 Å². The molecule has 170 valence electrons. The number of urea groups is 1. The molecular weight excluding hydrogens is 408 g/mol. The predicted molar refractivity (Wildman–Crippen MR) is 120 cm³/mol. The second-order valence-corrected chi connectivity index (χ2v) is 8.04. The van der Waals surface area contributed by atoms with Crippen LogP contribution in [0.2, 0.25) is 0 Å². The Morgan fingerprint density at radius 1 is 1.06 bits per heavy atom. The van der Waals surface area contributed by atoms with Crippen molar-refractivity contribution in [2.75, 3.05) is 0 Å². The van der Waals surface area contributed by atoms with E-state index >= 15 is 0 Å². The van der Waals surface area contributed by atoms with Crippen LogP contribution in [0, 0.1) is 5.41 Å². The fourth-order valence-corrected chi connectivity index (χ4v) is 4.21. The fraction of sp³-hybridized carbons (Fsp3) is 0.400. The number of carbonyl (C=O) groups is 3. The maximum Gasteiger partial charge on any atom is 0.327 e. The number of aliphatic carboxylic acids is 1. The minimum atomic E-state index is -0.911. The van der Waals surface area contributed by atoms with Crippen LogP contribution in [0.1, 0.15) is 57.2 Å². The first-order valence-corrected chi connectivity index (χ1v) is 11.0. The number of carboxylic acids is 1. The quantitative estimate of drug-likeness (QED) is 0.561. The number of hydrogen-bond acceptors (Lipinski definition) is 4. The van der Waals surface area contributed by atoms with Gasteiger partial charge in [-0.1, -0.05) is 63.2 Å². The van der Waals surface area contributed by atoms with Crippen LogP contribution in [0.3, 0.4) is 0 Å². The molecule has 0 aromatic heterocycles. The van der Waals surface area contributed by atoms with Gasteiger partial charge in [0.25, 0.3) is 0 Å². The Kier molecular flexibility index (Phi) is 7.18. The number of benzene rings is 2. The van der Waals surface area contributed by atoms with Crippen molar-refractivity contribution in [2.24, 2.45) is 5.41 Å². The van der Waals surface area contributed by atoms with E-state index in [0.717, 1.165) is 5.56 Å². The minimum Gasteiger partial charge on any atom is -0.481 e. The number of nitrogens with one attached hydrogen (secondary N) is 1. The van der Waals surface area contributed by atoms with Crippen LogP contribution in [-0.4, -0.2) is 34.1 Å². The van der Waals surface area contributed by atoms with E-state index < -0.39 is 23.6 Å². The summed E-state index contributed by atoms with van der Waals surface area (Å²) in [5.74, 6) is -0.669. The molecule has 3 rings (SSSR count). The van der Waals surface area contributed by atoms with Gasteiger partial charge in [0.05, 0.1) is 12.5 Å². The molecule has 0 bridgehead atoms. The van der Waals surface area contributed by atoms with Crippen LogP contribution < -0.4 is 10.1 Å². The van der Waals surface area contributed by atoms with Gasteiger partial charge in [-0.2, -0.15) is 0 Å². The Morgan fingerprint density at radius 2 is 1.69 bits per heavy atom. The smallest absolute Gasteiger partial charge is 0.327 e. The lowest BCUT2D eigenvalue weighted by molar-refractivity contribution is -0.191. The second-order valence-electron chi connectivity index (χ2n) is 8.04. The molecule has 32 heavy (non-hydrogen) atoms. The molecule has 3 amide bonds. The molecule has 2 N–H and O–H groups in total. The van der Waals surface area contributed by atoms with E-state index in [1.54, 1.807) is 24.3 Å². The van der Waals surface area contributed by atoms with Gasteiger partial charge in [-0.3, -0.25) is 9.59 Å². The van der Waals surface area contributed by atoms with Crippen LogP contribution >= 0.6 is 0 Å². The van der Waals surface area contributed by atoms with Gasteiger partial charge in [0, 0.05) is 0 Å². The second kappa shape index (κ2) is 9.85.